The van der Waals surface area contributed by atoms with Crippen LogP contribution in [0.1, 0.15) is 0 Å². The molecule has 0 unspecified atom stereocenters. The van der Waals surface area contributed by atoms with Crippen molar-refractivity contribution in [2.45, 2.75) is 0 Å². The van der Waals surface area contributed by atoms with Crippen molar-refractivity contribution in [1.82, 2.24) is 19.5 Å². The summed E-state index contributed by atoms with van der Waals surface area (Å²) in [4.78, 5) is 9.13. The van der Waals surface area contributed by atoms with Crippen LogP contribution in [0.3, 0.4) is 0 Å². The number of nitrogens with zero attached hydrogens (tertiary/aromatic N) is 5. The maximum absolute atomic E-state index is 13.1. The van der Waals surface area contributed by atoms with E-state index in [1.54, 1.807) is 18.3 Å². The fourth-order valence-electron chi connectivity index (χ4n) is 2.99. The van der Waals surface area contributed by atoms with E-state index >= 15 is 0 Å². The number of piperazine rings is 1. The molecule has 3 heterocycles. The Balaban J connectivity index is 1.76. The molecule has 1 aromatic carbocycles. The number of fused-ring (bicyclic) bond motifs is 1. The molecule has 0 bridgehead atoms. The Bertz CT molecular complexity index is 819. The normalized spacial score (nSPS) is 16.2. The van der Waals surface area contributed by atoms with Gasteiger partial charge in [0, 0.05) is 37.9 Å². The van der Waals surface area contributed by atoms with Gasteiger partial charge in [-0.05, 0) is 30.8 Å². The molecule has 3 aromatic rings. The molecule has 0 atom stereocenters. The minimum atomic E-state index is -0.240. The van der Waals surface area contributed by atoms with E-state index in [1.807, 2.05) is 16.8 Å². The largest absolute Gasteiger partial charge is 0.354 e. The van der Waals surface area contributed by atoms with Crippen molar-refractivity contribution in [3.63, 3.8) is 0 Å². The summed E-state index contributed by atoms with van der Waals surface area (Å²) in [6.45, 7) is 4.02. The maximum Gasteiger partial charge on any atom is 0.165 e. The first-order chi connectivity index (χ1) is 11.2. The standard InChI is InChI=1S/C17H18FN5/c1-21-8-10-22(11-9-21)16-6-7-19-17-15(12-20-23(16)17)13-2-4-14(18)5-3-13/h2-7,12H,8-11H2,1H3. The molecule has 1 aliphatic rings. The van der Waals surface area contributed by atoms with Crippen LogP contribution >= 0.6 is 0 Å². The molecular formula is C17H18FN5. The van der Waals surface area contributed by atoms with Gasteiger partial charge in [-0.15, -0.1) is 0 Å². The summed E-state index contributed by atoms with van der Waals surface area (Å²) in [5.74, 6) is 0.813. The van der Waals surface area contributed by atoms with E-state index in [2.05, 4.69) is 26.9 Å². The Morgan fingerprint density at radius 3 is 2.48 bits per heavy atom. The summed E-state index contributed by atoms with van der Waals surface area (Å²) in [6, 6.07) is 8.44. The summed E-state index contributed by atoms with van der Waals surface area (Å²) in [7, 11) is 2.14. The lowest BCUT2D eigenvalue weighted by Crippen LogP contribution is -2.45. The molecule has 0 aliphatic carbocycles. The van der Waals surface area contributed by atoms with Crippen molar-refractivity contribution in [3.8, 4) is 11.1 Å². The number of halogens is 1. The van der Waals surface area contributed by atoms with Crippen molar-refractivity contribution in [3.05, 3.63) is 48.5 Å². The zero-order chi connectivity index (χ0) is 15.8. The van der Waals surface area contributed by atoms with Crippen molar-refractivity contribution < 1.29 is 4.39 Å². The van der Waals surface area contributed by atoms with Crippen molar-refractivity contribution in [1.29, 1.82) is 0 Å². The van der Waals surface area contributed by atoms with Gasteiger partial charge in [0.15, 0.2) is 5.65 Å². The first-order valence-corrected chi connectivity index (χ1v) is 7.74. The Kier molecular flexibility index (Phi) is 3.46. The third kappa shape index (κ3) is 2.55. The number of rotatable bonds is 2. The molecule has 0 saturated carbocycles. The van der Waals surface area contributed by atoms with Crippen LogP contribution in [0.2, 0.25) is 0 Å². The predicted molar refractivity (Wildman–Crippen MR) is 88.1 cm³/mol. The first-order valence-electron chi connectivity index (χ1n) is 7.74. The molecule has 1 aliphatic heterocycles. The van der Waals surface area contributed by atoms with E-state index in [0.717, 1.165) is 48.8 Å². The highest BCUT2D eigenvalue weighted by Gasteiger charge is 2.18. The van der Waals surface area contributed by atoms with Crippen LogP contribution < -0.4 is 4.90 Å². The lowest BCUT2D eigenvalue weighted by atomic mass is 10.1. The monoisotopic (exact) mass is 311 g/mol. The molecule has 23 heavy (non-hydrogen) atoms. The molecular weight excluding hydrogens is 293 g/mol. The minimum absolute atomic E-state index is 0.240. The Hall–Kier alpha value is -2.47. The molecule has 0 N–H and O–H groups in total. The van der Waals surface area contributed by atoms with Crippen LogP contribution in [-0.2, 0) is 0 Å². The van der Waals surface area contributed by atoms with E-state index in [0.29, 0.717) is 0 Å². The number of benzene rings is 1. The van der Waals surface area contributed by atoms with E-state index in [1.165, 1.54) is 12.1 Å². The number of hydrogen-bond acceptors (Lipinski definition) is 4. The van der Waals surface area contributed by atoms with Gasteiger partial charge in [-0.25, -0.2) is 9.37 Å². The quantitative estimate of drug-likeness (QED) is 0.727. The van der Waals surface area contributed by atoms with Gasteiger partial charge in [0.25, 0.3) is 0 Å². The summed E-state index contributed by atoms with van der Waals surface area (Å²) < 4.78 is 15.0. The lowest BCUT2D eigenvalue weighted by molar-refractivity contribution is 0.311. The lowest BCUT2D eigenvalue weighted by Gasteiger charge is -2.33. The molecule has 2 aromatic heterocycles. The zero-order valence-electron chi connectivity index (χ0n) is 13.0. The Morgan fingerprint density at radius 1 is 1.00 bits per heavy atom. The van der Waals surface area contributed by atoms with E-state index in [9.17, 15) is 4.39 Å². The van der Waals surface area contributed by atoms with E-state index < -0.39 is 0 Å². The van der Waals surface area contributed by atoms with Crippen LogP contribution in [0.25, 0.3) is 16.8 Å². The highest BCUT2D eigenvalue weighted by molar-refractivity contribution is 5.77. The van der Waals surface area contributed by atoms with Crippen molar-refractivity contribution >= 4 is 11.5 Å². The second-order valence-electron chi connectivity index (χ2n) is 5.89. The fourth-order valence-corrected chi connectivity index (χ4v) is 2.99. The van der Waals surface area contributed by atoms with Gasteiger partial charge < -0.3 is 9.80 Å². The Labute approximate surface area is 134 Å². The molecule has 1 saturated heterocycles. The van der Waals surface area contributed by atoms with Crippen LogP contribution in [-0.4, -0.2) is 52.7 Å². The predicted octanol–water partition coefficient (Wildman–Crippen LogP) is 2.29. The summed E-state index contributed by atoms with van der Waals surface area (Å²) in [5, 5.41) is 4.52. The second kappa shape index (κ2) is 5.62. The average molecular weight is 311 g/mol. The molecule has 1 fully saturated rings. The van der Waals surface area contributed by atoms with Crippen molar-refractivity contribution in [2.75, 3.05) is 38.1 Å². The summed E-state index contributed by atoms with van der Waals surface area (Å²) in [6.07, 6.45) is 3.62. The van der Waals surface area contributed by atoms with E-state index in [4.69, 9.17) is 0 Å². The molecule has 0 amide bonds. The van der Waals surface area contributed by atoms with Crippen LogP contribution in [0.4, 0.5) is 10.2 Å². The summed E-state index contributed by atoms with van der Waals surface area (Å²) in [5.41, 5.74) is 2.64. The number of likely N-dealkylation sites (N-methyl/N-ethyl adjacent to an activating group) is 1. The second-order valence-corrected chi connectivity index (χ2v) is 5.89. The SMILES string of the molecule is CN1CCN(c2ccnc3c(-c4ccc(F)cc4)cnn23)CC1. The van der Waals surface area contributed by atoms with Crippen LogP contribution in [0.15, 0.2) is 42.7 Å². The highest BCUT2D eigenvalue weighted by atomic mass is 19.1. The van der Waals surface area contributed by atoms with Gasteiger partial charge in [-0.2, -0.15) is 9.61 Å². The highest BCUT2D eigenvalue weighted by Crippen LogP contribution is 2.26. The average Bonchev–Trinajstić information content (AvgIpc) is 3.00. The third-order valence-corrected chi connectivity index (χ3v) is 4.36. The molecule has 4 rings (SSSR count). The van der Waals surface area contributed by atoms with Gasteiger partial charge in [0.05, 0.1) is 6.20 Å². The smallest absolute Gasteiger partial charge is 0.165 e. The topological polar surface area (TPSA) is 36.7 Å². The van der Waals surface area contributed by atoms with Gasteiger partial charge in [-0.1, -0.05) is 12.1 Å². The van der Waals surface area contributed by atoms with Gasteiger partial charge in [-0.3, -0.25) is 0 Å². The molecule has 0 spiro atoms. The zero-order valence-corrected chi connectivity index (χ0v) is 13.0. The number of hydrogen-bond donors (Lipinski definition) is 0. The molecule has 5 nitrogen and oxygen atoms in total. The van der Waals surface area contributed by atoms with Gasteiger partial charge >= 0.3 is 0 Å². The molecule has 0 radical (unpaired) electrons. The number of anilines is 1. The van der Waals surface area contributed by atoms with Crippen molar-refractivity contribution in [2.24, 2.45) is 0 Å². The number of aromatic nitrogens is 3. The van der Waals surface area contributed by atoms with Gasteiger partial charge in [0.1, 0.15) is 11.6 Å². The van der Waals surface area contributed by atoms with Gasteiger partial charge in [0.2, 0.25) is 0 Å². The van der Waals surface area contributed by atoms with Crippen LogP contribution in [0.5, 0.6) is 0 Å². The van der Waals surface area contributed by atoms with E-state index in [-0.39, 0.29) is 5.82 Å². The molecule has 118 valence electrons. The third-order valence-electron chi connectivity index (χ3n) is 4.36. The fraction of sp³-hybridized carbons (Fsp3) is 0.294. The summed E-state index contributed by atoms with van der Waals surface area (Å²) >= 11 is 0. The van der Waals surface area contributed by atoms with Crippen LogP contribution in [0, 0.1) is 5.82 Å². The Morgan fingerprint density at radius 2 is 1.74 bits per heavy atom. The maximum atomic E-state index is 13.1. The minimum Gasteiger partial charge on any atom is -0.354 e. The first kappa shape index (κ1) is 14.1. The molecule has 6 heteroatoms.